The Morgan fingerprint density at radius 1 is 0.867 bits per heavy atom. The molecule has 3 saturated heterocycles. The van der Waals surface area contributed by atoms with Gasteiger partial charge in [-0.1, -0.05) is 69.6 Å². The molecule has 4 fully saturated rings. The lowest BCUT2D eigenvalue weighted by Gasteiger charge is -2.52. The van der Waals surface area contributed by atoms with Crippen LogP contribution in [0.1, 0.15) is 146 Å². The standard InChI is InChI=1S/C64H109N3O14Si2/c1-22-51-63(12,70)56(68)43(6)53(66-81-64(78-40(2)3)32-26-23-27-33-64)41(4)37-62(11,72-34-28-29-47-36-48-30-24-25-31-49(48)65-39-47)57(77-60-55(79-82(16,17)18)50(67(13)14)35-42(5)73-60)44(7)54(45(8)59(69)75-51)76-52-38-61(10,71-15)58(46(9)74-52)80-83(19,20)21/h24-25,28-31,36,39-46,50-52,54-58,60,68,70H,22-23,26-27,32-35,37-38H2,1-21H3/b29-28+,66-53?/t41-,42+,43-,44-,45+,46-,50-,51+,52?,54-,55+,56+,57+,58-,60?,61+,62-,63+/m0/s1. The highest BCUT2D eigenvalue weighted by molar-refractivity contribution is 6.70. The number of aliphatic hydroxyl groups excluding tert-OH is 1. The molecule has 1 saturated carbocycles. The largest absolute Gasteiger partial charge is 0.459 e. The van der Waals surface area contributed by atoms with Gasteiger partial charge < -0.3 is 66.7 Å². The predicted molar refractivity (Wildman–Crippen MR) is 331 cm³/mol. The van der Waals surface area contributed by atoms with Gasteiger partial charge in [-0.25, -0.2) is 0 Å². The maximum Gasteiger partial charge on any atom is 0.311 e. The van der Waals surface area contributed by atoms with Crippen molar-refractivity contribution in [1.29, 1.82) is 0 Å². The Morgan fingerprint density at radius 3 is 2.14 bits per heavy atom. The van der Waals surface area contributed by atoms with Crippen molar-refractivity contribution in [3.8, 4) is 0 Å². The van der Waals surface area contributed by atoms with Crippen LogP contribution in [0.15, 0.2) is 47.8 Å². The number of cyclic esters (lactones) is 1. The molecule has 19 heteroatoms. The molecule has 1 aromatic heterocycles. The molecule has 0 bridgehead atoms. The third kappa shape index (κ3) is 17.8. The summed E-state index contributed by atoms with van der Waals surface area (Å²) in [4.78, 5) is 28.9. The number of nitrogens with zero attached hydrogens (tertiary/aromatic N) is 3. The maximum absolute atomic E-state index is 15.3. The third-order valence-electron chi connectivity index (χ3n) is 17.6. The van der Waals surface area contributed by atoms with Crippen molar-refractivity contribution in [2.24, 2.45) is 28.8 Å². The second kappa shape index (κ2) is 28.6. The lowest BCUT2D eigenvalue weighted by Crippen LogP contribution is -2.63. The number of carbonyl (C=O) groups is 1. The van der Waals surface area contributed by atoms with Gasteiger partial charge in [-0.3, -0.25) is 9.78 Å². The van der Waals surface area contributed by atoms with Crippen molar-refractivity contribution in [2.75, 3.05) is 27.8 Å². The number of aromatic nitrogens is 1. The molecule has 2 N–H and O–H groups in total. The van der Waals surface area contributed by atoms with E-state index in [-0.39, 0.29) is 44.1 Å². The molecule has 472 valence electrons. The SMILES string of the molecule is CC[C@H]1OC(=O)[C@H](C)[C@@H](OC2C[C@@](C)(OC)[C@@H](O[Si](C)(C)C)[C@H](C)O2)[C@H](C)[C@@H](OC2O[C@H](C)C[C@H](N(C)C)[C@H]2O[Si](C)(C)C)[C@@](C)(OC/C=C/c2cnc3ccccc3c2)C[C@H](C)C(=NOC2(OC(C)C)CCCCC2)[C@H](C)[C@@H](O)[C@]1(C)O. The third-order valence-corrected chi connectivity index (χ3v) is 19.5. The summed E-state index contributed by atoms with van der Waals surface area (Å²) in [5, 5.41) is 31.5. The van der Waals surface area contributed by atoms with Gasteiger partial charge in [-0.15, -0.1) is 0 Å². The van der Waals surface area contributed by atoms with Gasteiger partial charge in [0.15, 0.2) is 29.2 Å². The van der Waals surface area contributed by atoms with Crippen LogP contribution in [0, 0.1) is 23.7 Å². The number of aliphatic hydroxyl groups is 2. The zero-order valence-corrected chi connectivity index (χ0v) is 56.6. The highest BCUT2D eigenvalue weighted by atomic mass is 28.4. The van der Waals surface area contributed by atoms with Crippen LogP contribution in [0.5, 0.6) is 0 Å². The number of rotatable bonds is 19. The molecule has 83 heavy (non-hydrogen) atoms. The lowest BCUT2D eigenvalue weighted by molar-refractivity contribution is -0.317. The van der Waals surface area contributed by atoms with Crippen molar-refractivity contribution < 1.29 is 66.6 Å². The van der Waals surface area contributed by atoms with E-state index in [4.69, 9.17) is 61.7 Å². The van der Waals surface area contributed by atoms with E-state index in [0.29, 0.717) is 25.0 Å². The number of benzene rings is 1. The van der Waals surface area contributed by atoms with E-state index in [1.54, 1.807) is 14.0 Å². The number of para-hydroxylation sites is 1. The Bertz CT molecular complexity index is 2450. The summed E-state index contributed by atoms with van der Waals surface area (Å²) in [5.41, 5.74) is -1.82. The summed E-state index contributed by atoms with van der Waals surface area (Å²) in [6.07, 6.45) is 3.23. The zero-order valence-electron chi connectivity index (χ0n) is 54.6. The number of esters is 1. The van der Waals surface area contributed by atoms with Crippen molar-refractivity contribution in [1.82, 2.24) is 9.88 Å². The average Bonchev–Trinajstić information content (AvgIpc) is 3.45. The normalized spacial score (nSPS) is 38.0. The summed E-state index contributed by atoms with van der Waals surface area (Å²) >= 11 is 0. The first-order chi connectivity index (χ1) is 38.6. The minimum Gasteiger partial charge on any atom is -0.459 e. The summed E-state index contributed by atoms with van der Waals surface area (Å²) in [6, 6.07) is 10.0. The average molecular weight is 1200 g/mol. The van der Waals surface area contributed by atoms with E-state index in [9.17, 15) is 10.2 Å². The Kier molecular flexibility index (Phi) is 23.9. The van der Waals surface area contributed by atoms with Crippen LogP contribution in [0.4, 0.5) is 0 Å². The number of carbonyl (C=O) groups excluding carboxylic acids is 1. The zero-order chi connectivity index (χ0) is 61.6. The molecule has 0 amide bonds. The topological polar surface area (TPSA) is 188 Å². The molecule has 4 heterocycles. The van der Waals surface area contributed by atoms with Gasteiger partial charge in [0.2, 0.25) is 5.79 Å². The van der Waals surface area contributed by atoms with Gasteiger partial charge in [-0.05, 0) is 159 Å². The fourth-order valence-electron chi connectivity index (χ4n) is 13.3. The summed E-state index contributed by atoms with van der Waals surface area (Å²) in [5.74, 6) is -4.70. The molecule has 2 unspecified atom stereocenters. The second-order valence-corrected chi connectivity index (χ2v) is 36.8. The van der Waals surface area contributed by atoms with Crippen LogP contribution in [0.3, 0.4) is 0 Å². The summed E-state index contributed by atoms with van der Waals surface area (Å²) in [6.45, 7) is 36.2. The minimum atomic E-state index is -2.29. The summed E-state index contributed by atoms with van der Waals surface area (Å²) < 4.78 is 69.8. The monoisotopic (exact) mass is 1200 g/mol. The molecule has 17 nitrogen and oxygen atoms in total. The van der Waals surface area contributed by atoms with Crippen LogP contribution >= 0.6 is 0 Å². The van der Waals surface area contributed by atoms with Gasteiger partial charge in [-0.2, -0.15) is 0 Å². The maximum atomic E-state index is 15.3. The molecule has 1 aliphatic carbocycles. The molecule has 18 atom stereocenters. The van der Waals surface area contributed by atoms with E-state index < -0.39 is 124 Å². The Hall–Kier alpha value is -2.74. The second-order valence-electron chi connectivity index (χ2n) is 27.9. The highest BCUT2D eigenvalue weighted by Gasteiger charge is 2.56. The van der Waals surface area contributed by atoms with Gasteiger partial charge >= 0.3 is 5.97 Å². The van der Waals surface area contributed by atoms with E-state index in [1.807, 2.05) is 98.0 Å². The molecule has 4 aliphatic rings. The first kappa shape index (κ1) is 69.4. The molecule has 1 aromatic carbocycles. The fourth-order valence-corrected chi connectivity index (χ4v) is 15.6. The first-order valence-corrected chi connectivity index (χ1v) is 37.9. The number of fused-ring (bicyclic) bond motifs is 1. The van der Waals surface area contributed by atoms with Gasteiger partial charge in [0.05, 0.1) is 77.7 Å². The number of hydrogen-bond donors (Lipinski definition) is 2. The van der Waals surface area contributed by atoms with Crippen LogP contribution < -0.4 is 0 Å². The summed E-state index contributed by atoms with van der Waals surface area (Å²) in [7, 11) is 1.42. The molecule has 0 spiro atoms. The van der Waals surface area contributed by atoms with E-state index in [0.717, 1.165) is 35.7 Å². The lowest BCUT2D eigenvalue weighted by atomic mass is 9.73. The molecule has 0 radical (unpaired) electrons. The molecule has 6 rings (SSSR count). The van der Waals surface area contributed by atoms with Gasteiger partial charge in [0.1, 0.15) is 17.8 Å². The quantitative estimate of drug-likeness (QED) is 0.0585. The number of ether oxygens (including phenoxy) is 8. The van der Waals surface area contributed by atoms with E-state index in [2.05, 4.69) is 78.2 Å². The van der Waals surface area contributed by atoms with E-state index >= 15 is 4.79 Å². The van der Waals surface area contributed by atoms with Crippen molar-refractivity contribution >= 4 is 45.3 Å². The highest BCUT2D eigenvalue weighted by Crippen LogP contribution is 2.44. The van der Waals surface area contributed by atoms with Crippen molar-refractivity contribution in [3.05, 3.63) is 48.2 Å². The molecule has 3 aliphatic heterocycles. The number of likely N-dealkylation sites (N-methyl/N-ethyl adjacent to an activating group) is 1. The first-order valence-electron chi connectivity index (χ1n) is 31.0. The number of oxime groups is 1. The molecule has 2 aromatic rings. The molecular formula is C64H109N3O14Si2. The number of methoxy groups -OCH3 is 1. The van der Waals surface area contributed by atoms with Crippen LogP contribution in [0.2, 0.25) is 39.3 Å². The fraction of sp³-hybridized carbons (Fsp3) is 0.797. The van der Waals surface area contributed by atoms with Gasteiger partial charge in [0, 0.05) is 61.8 Å². The van der Waals surface area contributed by atoms with Crippen molar-refractivity contribution in [2.45, 2.75) is 276 Å². The van der Waals surface area contributed by atoms with Crippen LogP contribution in [-0.4, -0.2) is 172 Å². The van der Waals surface area contributed by atoms with Crippen molar-refractivity contribution in [3.63, 3.8) is 0 Å². The van der Waals surface area contributed by atoms with Crippen LogP contribution in [-0.2, 0) is 56.4 Å². The smallest absolute Gasteiger partial charge is 0.311 e. The Labute approximate surface area is 500 Å². The minimum absolute atomic E-state index is 0.0813. The Balaban J connectivity index is 1.59. The number of hydrogen-bond acceptors (Lipinski definition) is 17. The predicted octanol–water partition coefficient (Wildman–Crippen LogP) is 11.7. The van der Waals surface area contributed by atoms with E-state index in [1.165, 1.54) is 6.92 Å². The Morgan fingerprint density at radius 2 is 1.53 bits per heavy atom. The number of pyridine rings is 1. The van der Waals surface area contributed by atoms with Gasteiger partial charge in [0.25, 0.3) is 0 Å². The van der Waals surface area contributed by atoms with Crippen LogP contribution in [0.25, 0.3) is 17.0 Å². The molecular weight excluding hydrogens is 1090 g/mol.